The molecule has 172 valence electrons. The van der Waals surface area contributed by atoms with Crippen LogP contribution < -0.4 is 5.32 Å². The molecule has 3 aliphatic rings. The molecule has 0 aromatic heterocycles. The molecule has 30 heavy (non-hydrogen) atoms. The van der Waals surface area contributed by atoms with Gasteiger partial charge in [-0.1, -0.05) is 13.8 Å². The molecular weight excluding hydrogens is 378 g/mol. The number of likely N-dealkylation sites (tertiary alicyclic amines) is 1. The Kier molecular flexibility index (Phi) is 8.36. The number of hydrogen-bond acceptors (Lipinski definition) is 5. The third-order valence-electron chi connectivity index (χ3n) is 6.94. The summed E-state index contributed by atoms with van der Waals surface area (Å²) in [7, 11) is 6.27. The topological polar surface area (TPSA) is 57.7 Å². The number of carbonyl (C=O) groups is 1. The maximum absolute atomic E-state index is 12.8. The first-order valence-corrected chi connectivity index (χ1v) is 11.7. The van der Waals surface area contributed by atoms with E-state index in [1.165, 1.54) is 6.42 Å². The van der Waals surface area contributed by atoms with Crippen LogP contribution >= 0.6 is 0 Å². The van der Waals surface area contributed by atoms with Crippen LogP contribution in [0.2, 0.25) is 0 Å². The Hall–Kier alpha value is -1.38. The van der Waals surface area contributed by atoms with Crippen LogP contribution in [0.5, 0.6) is 0 Å². The van der Waals surface area contributed by atoms with Crippen molar-refractivity contribution in [1.29, 1.82) is 0 Å². The molecule has 3 unspecified atom stereocenters. The first kappa shape index (κ1) is 23.3. The maximum atomic E-state index is 12.8. The lowest BCUT2D eigenvalue weighted by atomic mass is 9.92. The van der Waals surface area contributed by atoms with Gasteiger partial charge in [-0.3, -0.25) is 19.6 Å². The molecule has 3 heterocycles. The second-order valence-electron chi connectivity index (χ2n) is 9.83. The predicted octanol–water partition coefficient (Wildman–Crippen LogP) is -0.0703. The Morgan fingerprint density at radius 2 is 1.60 bits per heavy atom. The monoisotopic (exact) mass is 421 g/mol. The summed E-state index contributed by atoms with van der Waals surface area (Å²) in [6.07, 6.45) is 1.24. The van der Waals surface area contributed by atoms with Gasteiger partial charge in [0.15, 0.2) is 5.96 Å². The number of piperidine rings is 1. The molecule has 3 fully saturated rings. The fourth-order valence-electron chi connectivity index (χ4n) is 5.14. The van der Waals surface area contributed by atoms with Crippen molar-refractivity contribution in [3.05, 3.63) is 0 Å². The quantitative estimate of drug-likeness (QED) is 0.507. The minimum Gasteiger partial charge on any atom is -0.355 e. The molecule has 0 aliphatic carbocycles. The van der Waals surface area contributed by atoms with Crippen molar-refractivity contribution < 1.29 is 4.79 Å². The Morgan fingerprint density at radius 1 is 0.933 bits per heavy atom. The highest BCUT2D eigenvalue weighted by Crippen LogP contribution is 2.21. The van der Waals surface area contributed by atoms with Crippen LogP contribution in [0.1, 0.15) is 20.3 Å². The first-order chi connectivity index (χ1) is 14.4. The molecule has 1 N–H and O–H groups in total. The van der Waals surface area contributed by atoms with Gasteiger partial charge >= 0.3 is 0 Å². The van der Waals surface area contributed by atoms with E-state index in [1.54, 1.807) is 0 Å². The fourth-order valence-corrected chi connectivity index (χ4v) is 5.14. The summed E-state index contributed by atoms with van der Waals surface area (Å²) < 4.78 is 0. The average molecular weight is 422 g/mol. The van der Waals surface area contributed by atoms with Crippen molar-refractivity contribution in [2.75, 3.05) is 93.1 Å². The van der Waals surface area contributed by atoms with Crippen LogP contribution in [-0.4, -0.2) is 136 Å². The van der Waals surface area contributed by atoms with Crippen molar-refractivity contribution in [1.82, 2.24) is 29.8 Å². The molecule has 0 radical (unpaired) electrons. The normalized spacial score (nSPS) is 30.6. The molecule has 3 saturated heterocycles. The standard InChI is InChI=1S/C22H43N7O/c1-18-12-19(2)15-29(14-18)21(30)17-27-8-10-28(11-9-27)22(23-3)24-13-20-16-25(4)6-7-26(20)5/h18-20H,6-17H2,1-5H3,(H,23,24). The smallest absolute Gasteiger partial charge is 0.236 e. The third-order valence-corrected chi connectivity index (χ3v) is 6.94. The Bertz CT molecular complexity index is 580. The zero-order chi connectivity index (χ0) is 21.7. The van der Waals surface area contributed by atoms with Gasteiger partial charge in [-0.15, -0.1) is 0 Å². The van der Waals surface area contributed by atoms with E-state index in [2.05, 4.69) is 62.8 Å². The molecule has 0 saturated carbocycles. The van der Waals surface area contributed by atoms with E-state index >= 15 is 0 Å². The summed E-state index contributed by atoms with van der Waals surface area (Å²) in [4.78, 5) is 28.9. The summed E-state index contributed by atoms with van der Waals surface area (Å²) in [5, 5.41) is 3.59. The second-order valence-corrected chi connectivity index (χ2v) is 9.83. The van der Waals surface area contributed by atoms with Gasteiger partial charge in [0, 0.05) is 78.5 Å². The number of carbonyl (C=O) groups excluding carboxylic acids is 1. The van der Waals surface area contributed by atoms with Crippen LogP contribution in [0.4, 0.5) is 0 Å². The minimum atomic E-state index is 0.300. The lowest BCUT2D eigenvalue weighted by Crippen LogP contribution is -2.58. The summed E-state index contributed by atoms with van der Waals surface area (Å²) in [6.45, 7) is 14.8. The van der Waals surface area contributed by atoms with Crippen molar-refractivity contribution >= 4 is 11.9 Å². The zero-order valence-electron chi connectivity index (χ0n) is 19.8. The highest BCUT2D eigenvalue weighted by molar-refractivity contribution is 5.80. The number of likely N-dealkylation sites (N-methyl/N-ethyl adjacent to an activating group) is 2. The summed E-state index contributed by atoms with van der Waals surface area (Å²) in [6, 6.07) is 0.508. The van der Waals surface area contributed by atoms with Crippen LogP contribution in [0.15, 0.2) is 4.99 Å². The Balaban J connectivity index is 1.42. The van der Waals surface area contributed by atoms with Gasteiger partial charge in [0.1, 0.15) is 0 Å². The van der Waals surface area contributed by atoms with Gasteiger partial charge in [0.05, 0.1) is 6.54 Å². The molecule has 3 atom stereocenters. The molecule has 0 aromatic carbocycles. The predicted molar refractivity (Wildman–Crippen MR) is 123 cm³/mol. The van der Waals surface area contributed by atoms with Crippen LogP contribution in [-0.2, 0) is 4.79 Å². The van der Waals surface area contributed by atoms with E-state index in [1.807, 2.05) is 7.05 Å². The fraction of sp³-hybridized carbons (Fsp3) is 0.909. The molecule has 8 nitrogen and oxygen atoms in total. The summed E-state index contributed by atoms with van der Waals surface area (Å²) in [5.74, 6) is 2.52. The van der Waals surface area contributed by atoms with Gasteiger partial charge in [-0.25, -0.2) is 0 Å². The number of piperazine rings is 2. The van der Waals surface area contributed by atoms with E-state index in [0.717, 1.165) is 71.4 Å². The lowest BCUT2D eigenvalue weighted by molar-refractivity contribution is -0.135. The van der Waals surface area contributed by atoms with Crippen molar-refractivity contribution in [2.45, 2.75) is 26.3 Å². The average Bonchev–Trinajstić information content (AvgIpc) is 2.71. The van der Waals surface area contributed by atoms with Crippen molar-refractivity contribution in [3.8, 4) is 0 Å². The molecule has 3 rings (SSSR count). The van der Waals surface area contributed by atoms with Crippen molar-refractivity contribution in [2.24, 2.45) is 16.8 Å². The van der Waals surface area contributed by atoms with Gasteiger partial charge < -0.3 is 20.0 Å². The van der Waals surface area contributed by atoms with Crippen molar-refractivity contribution in [3.63, 3.8) is 0 Å². The Labute approximate surface area is 183 Å². The maximum Gasteiger partial charge on any atom is 0.236 e. The van der Waals surface area contributed by atoms with E-state index in [-0.39, 0.29) is 0 Å². The first-order valence-electron chi connectivity index (χ1n) is 11.7. The number of nitrogens with one attached hydrogen (secondary N) is 1. The van der Waals surface area contributed by atoms with Gasteiger partial charge in [-0.2, -0.15) is 0 Å². The van der Waals surface area contributed by atoms with E-state index in [9.17, 15) is 4.79 Å². The number of hydrogen-bond donors (Lipinski definition) is 1. The lowest BCUT2D eigenvalue weighted by Gasteiger charge is -2.40. The Morgan fingerprint density at radius 3 is 2.23 bits per heavy atom. The largest absolute Gasteiger partial charge is 0.355 e. The molecule has 8 heteroatoms. The minimum absolute atomic E-state index is 0.300. The van der Waals surface area contributed by atoms with Crippen LogP contribution in [0, 0.1) is 11.8 Å². The van der Waals surface area contributed by atoms with Gasteiger partial charge in [-0.05, 0) is 32.4 Å². The highest BCUT2D eigenvalue weighted by Gasteiger charge is 2.28. The summed E-state index contributed by atoms with van der Waals surface area (Å²) >= 11 is 0. The number of guanidine groups is 1. The van der Waals surface area contributed by atoms with Gasteiger partial charge in [0.25, 0.3) is 0 Å². The van der Waals surface area contributed by atoms with Crippen LogP contribution in [0.3, 0.4) is 0 Å². The van der Waals surface area contributed by atoms with Gasteiger partial charge in [0.2, 0.25) is 5.91 Å². The third kappa shape index (κ3) is 6.31. The zero-order valence-corrected chi connectivity index (χ0v) is 19.8. The van der Waals surface area contributed by atoms with E-state index in [4.69, 9.17) is 0 Å². The SMILES string of the molecule is CN=C(NCC1CN(C)CCN1C)N1CCN(CC(=O)N2CC(C)CC(C)C2)CC1. The molecule has 3 aliphatic heterocycles. The molecule has 0 bridgehead atoms. The second kappa shape index (κ2) is 10.8. The molecular formula is C22H43N7O. The van der Waals surface area contributed by atoms with E-state index < -0.39 is 0 Å². The number of nitrogens with zero attached hydrogens (tertiary/aromatic N) is 6. The van der Waals surface area contributed by atoms with Crippen LogP contribution in [0.25, 0.3) is 0 Å². The molecule has 0 spiro atoms. The van der Waals surface area contributed by atoms with E-state index in [0.29, 0.717) is 30.3 Å². The number of aliphatic imine (C=N–C) groups is 1. The molecule has 0 aromatic rings. The summed E-state index contributed by atoms with van der Waals surface area (Å²) in [5.41, 5.74) is 0. The molecule has 1 amide bonds. The number of rotatable bonds is 4. The highest BCUT2D eigenvalue weighted by atomic mass is 16.2. The number of amides is 1.